The molecule has 5 nitrogen and oxygen atoms in total. The van der Waals surface area contributed by atoms with Gasteiger partial charge in [-0.25, -0.2) is 13.8 Å². The molecular formula is C15H14BrClF2N2O3S. The highest BCUT2D eigenvalue weighted by molar-refractivity contribution is 9.10. The number of pyridine rings is 2. The minimum Gasteiger partial charge on any atom is -0.486 e. The highest BCUT2D eigenvalue weighted by atomic mass is 79.9. The van der Waals surface area contributed by atoms with Gasteiger partial charge in [0.05, 0.1) is 23.0 Å². The molecule has 0 N–H and O–H groups in total. The van der Waals surface area contributed by atoms with Crippen molar-refractivity contribution in [1.82, 2.24) is 9.97 Å². The summed E-state index contributed by atoms with van der Waals surface area (Å²) in [5.41, 5.74) is 0.824. The van der Waals surface area contributed by atoms with E-state index in [9.17, 15) is 8.78 Å². The van der Waals surface area contributed by atoms with Gasteiger partial charge in [0.1, 0.15) is 16.6 Å². The van der Waals surface area contributed by atoms with E-state index >= 15 is 0 Å². The van der Waals surface area contributed by atoms with Crippen LogP contribution in [0.5, 0.6) is 11.5 Å². The second kappa shape index (κ2) is 8.98. The van der Waals surface area contributed by atoms with Gasteiger partial charge in [0.25, 0.3) is 5.92 Å². The van der Waals surface area contributed by atoms with E-state index in [2.05, 4.69) is 25.9 Å². The number of rotatable bonds is 8. The molecule has 0 aliphatic carbocycles. The van der Waals surface area contributed by atoms with Crippen LogP contribution in [-0.4, -0.2) is 29.1 Å². The Kier molecular flexibility index (Phi) is 7.24. The monoisotopic (exact) mass is 454 g/mol. The predicted octanol–water partition coefficient (Wildman–Crippen LogP) is 5.57. The molecule has 0 spiro atoms. The predicted molar refractivity (Wildman–Crippen MR) is 96.1 cm³/mol. The number of alkyl halides is 2. The molecule has 2 aromatic rings. The number of halogens is 4. The lowest BCUT2D eigenvalue weighted by Gasteiger charge is -2.12. The molecule has 0 aromatic carbocycles. The van der Waals surface area contributed by atoms with E-state index < -0.39 is 12.5 Å². The van der Waals surface area contributed by atoms with E-state index in [4.69, 9.17) is 24.7 Å². The Bertz CT molecular complexity index is 717. The van der Waals surface area contributed by atoms with Gasteiger partial charge in [0, 0.05) is 13.0 Å². The van der Waals surface area contributed by atoms with Gasteiger partial charge in [-0.1, -0.05) is 11.6 Å². The molecule has 0 unspecified atom stereocenters. The molecule has 0 atom stereocenters. The average molecular weight is 456 g/mol. The highest BCUT2D eigenvalue weighted by Crippen LogP contribution is 2.35. The second-order valence-electron chi connectivity index (χ2n) is 4.90. The van der Waals surface area contributed by atoms with Gasteiger partial charge >= 0.3 is 0 Å². The van der Waals surface area contributed by atoms with Crippen molar-refractivity contribution in [2.75, 3.05) is 13.2 Å². The summed E-state index contributed by atoms with van der Waals surface area (Å²) in [6.45, 7) is 2.35. The lowest BCUT2D eigenvalue weighted by Crippen LogP contribution is -2.20. The van der Waals surface area contributed by atoms with Crippen molar-refractivity contribution < 1.29 is 21.9 Å². The van der Waals surface area contributed by atoms with Crippen LogP contribution in [0.3, 0.4) is 0 Å². The molecule has 10 heteroatoms. The summed E-state index contributed by atoms with van der Waals surface area (Å²) in [6.07, 6.45) is 1.33. The Hall–Kier alpha value is -1.16. The van der Waals surface area contributed by atoms with Crippen molar-refractivity contribution in [3.8, 4) is 22.9 Å². The van der Waals surface area contributed by atoms with Crippen molar-refractivity contribution in [2.24, 2.45) is 0 Å². The quantitative estimate of drug-likeness (QED) is 0.295. The van der Waals surface area contributed by atoms with Gasteiger partial charge in [-0.15, -0.1) is 0 Å². The first-order valence-corrected chi connectivity index (χ1v) is 8.93. The molecule has 0 aliphatic heterocycles. The summed E-state index contributed by atoms with van der Waals surface area (Å²) in [6, 6.07) is 4.74. The molecule has 2 aromatic heterocycles. The first-order valence-electron chi connectivity index (χ1n) is 7.09. The third-order valence-electron chi connectivity index (χ3n) is 2.66. The SMILES string of the molecule is CCOSOc1cc(Br)c(Cl)nc1-c1ccc(OCC(C)(F)F)cn1. The Morgan fingerprint density at radius 3 is 2.72 bits per heavy atom. The normalized spacial score (nSPS) is 11.4. The van der Waals surface area contributed by atoms with Gasteiger partial charge in [0.2, 0.25) is 12.3 Å². The molecule has 25 heavy (non-hydrogen) atoms. The average Bonchev–Trinajstić information content (AvgIpc) is 2.56. The largest absolute Gasteiger partial charge is 0.486 e. The second-order valence-corrected chi connectivity index (χ2v) is 6.65. The minimum absolute atomic E-state index is 0.222. The zero-order chi connectivity index (χ0) is 18.4. The summed E-state index contributed by atoms with van der Waals surface area (Å²) in [7, 11) is 0. The number of hydrogen-bond donors (Lipinski definition) is 0. The third kappa shape index (κ3) is 6.25. The van der Waals surface area contributed by atoms with Gasteiger partial charge in [-0.05, 0) is 35.0 Å². The van der Waals surface area contributed by atoms with Crippen LogP contribution in [0, 0.1) is 0 Å². The van der Waals surface area contributed by atoms with Crippen LogP contribution in [0.2, 0.25) is 5.15 Å². The molecule has 0 saturated heterocycles. The summed E-state index contributed by atoms with van der Waals surface area (Å²) in [5.74, 6) is -2.31. The fourth-order valence-electron chi connectivity index (χ4n) is 1.62. The summed E-state index contributed by atoms with van der Waals surface area (Å²) < 4.78 is 41.8. The molecule has 136 valence electrons. The first-order chi connectivity index (χ1) is 11.8. The van der Waals surface area contributed by atoms with E-state index in [0.29, 0.717) is 28.2 Å². The van der Waals surface area contributed by atoms with E-state index in [-0.39, 0.29) is 10.9 Å². The van der Waals surface area contributed by atoms with Crippen LogP contribution in [0.4, 0.5) is 8.78 Å². The number of hydrogen-bond acceptors (Lipinski definition) is 6. The molecule has 0 aliphatic rings. The van der Waals surface area contributed by atoms with E-state index in [1.165, 1.54) is 12.3 Å². The maximum atomic E-state index is 12.8. The third-order valence-corrected chi connectivity index (χ3v) is 4.36. The lowest BCUT2D eigenvalue weighted by atomic mass is 10.2. The molecular weight excluding hydrogens is 442 g/mol. The molecule has 2 rings (SSSR count). The Morgan fingerprint density at radius 1 is 1.36 bits per heavy atom. The van der Waals surface area contributed by atoms with Crippen molar-refractivity contribution in [3.63, 3.8) is 0 Å². The van der Waals surface area contributed by atoms with Gasteiger partial charge < -0.3 is 8.92 Å². The van der Waals surface area contributed by atoms with Crippen LogP contribution in [0.1, 0.15) is 13.8 Å². The molecule has 0 radical (unpaired) electrons. The zero-order valence-electron chi connectivity index (χ0n) is 13.3. The van der Waals surface area contributed by atoms with Crippen LogP contribution >= 0.6 is 39.9 Å². The zero-order valence-corrected chi connectivity index (χ0v) is 16.4. The molecule has 0 fully saturated rings. The number of nitrogens with zero attached hydrogens (tertiary/aromatic N) is 2. The Balaban J connectivity index is 2.23. The molecule has 0 saturated carbocycles. The van der Waals surface area contributed by atoms with Crippen LogP contribution in [0.25, 0.3) is 11.4 Å². The van der Waals surface area contributed by atoms with Crippen LogP contribution in [0.15, 0.2) is 28.9 Å². The van der Waals surface area contributed by atoms with E-state index in [0.717, 1.165) is 19.2 Å². The number of aromatic nitrogens is 2. The van der Waals surface area contributed by atoms with Crippen molar-refractivity contribution in [1.29, 1.82) is 0 Å². The first kappa shape index (κ1) is 20.2. The lowest BCUT2D eigenvalue weighted by molar-refractivity contribution is -0.0230. The van der Waals surface area contributed by atoms with Gasteiger partial charge in [0.15, 0.2) is 12.4 Å². The van der Waals surface area contributed by atoms with Crippen molar-refractivity contribution >= 4 is 39.9 Å². The van der Waals surface area contributed by atoms with Crippen molar-refractivity contribution in [3.05, 3.63) is 34.0 Å². The van der Waals surface area contributed by atoms with Crippen LogP contribution in [-0.2, 0) is 4.18 Å². The van der Waals surface area contributed by atoms with Gasteiger partial charge in [-0.2, -0.15) is 0 Å². The van der Waals surface area contributed by atoms with E-state index in [1.807, 2.05) is 6.92 Å². The molecule has 0 amide bonds. The summed E-state index contributed by atoms with van der Waals surface area (Å²) in [4.78, 5) is 8.41. The highest BCUT2D eigenvalue weighted by Gasteiger charge is 2.22. The Labute approximate surface area is 161 Å². The molecule has 2 heterocycles. The summed E-state index contributed by atoms with van der Waals surface area (Å²) >= 11 is 10.1. The fourth-order valence-corrected chi connectivity index (χ4v) is 2.40. The van der Waals surface area contributed by atoms with Gasteiger partial charge in [-0.3, -0.25) is 9.17 Å². The maximum absolute atomic E-state index is 12.8. The maximum Gasteiger partial charge on any atom is 0.278 e. The molecule has 0 bridgehead atoms. The fraction of sp³-hybridized carbons (Fsp3) is 0.333. The number of ether oxygens (including phenoxy) is 1. The standard InChI is InChI=1S/C15H14BrClF2N2O3S/c1-3-23-25-24-12-6-10(16)14(17)21-13(12)11-5-4-9(7-20-11)22-8-15(2,18)19/h4-7H,3,8H2,1-2H3. The smallest absolute Gasteiger partial charge is 0.278 e. The minimum atomic E-state index is -2.92. The van der Waals surface area contributed by atoms with Crippen LogP contribution < -0.4 is 8.92 Å². The van der Waals surface area contributed by atoms with Crippen molar-refractivity contribution in [2.45, 2.75) is 19.8 Å². The topological polar surface area (TPSA) is 53.5 Å². The summed E-state index contributed by atoms with van der Waals surface area (Å²) in [5, 5.41) is 0.233. The van der Waals surface area contributed by atoms with E-state index in [1.54, 1.807) is 12.1 Å². The Morgan fingerprint density at radius 2 is 2.12 bits per heavy atom.